The molecule has 0 aromatic heterocycles. The fourth-order valence-corrected chi connectivity index (χ4v) is 1.73. The van der Waals surface area contributed by atoms with Crippen LogP contribution in [0.2, 0.25) is 0 Å². The lowest BCUT2D eigenvalue weighted by Gasteiger charge is -2.05. The van der Waals surface area contributed by atoms with Crippen molar-refractivity contribution < 1.29 is 14.3 Å². The number of carbonyl (C=O) groups is 2. The Morgan fingerprint density at radius 3 is 2.59 bits per heavy atom. The highest BCUT2D eigenvalue weighted by atomic mass is 16.5. The normalized spacial score (nSPS) is 10.2. The maximum absolute atomic E-state index is 11.4. The Balaban J connectivity index is 2.70. The first-order valence-corrected chi connectivity index (χ1v) is 5.04. The molecule has 2 aromatic carbocycles. The number of carbonyl (C=O) groups excluding carboxylic acids is 2. The molecule has 0 bridgehead atoms. The number of fused-ring (bicyclic) bond motifs is 1. The van der Waals surface area contributed by atoms with E-state index in [2.05, 4.69) is 4.74 Å². The van der Waals surface area contributed by atoms with Crippen LogP contribution >= 0.6 is 0 Å². The molecule has 0 saturated carbocycles. The minimum absolute atomic E-state index is 0.397. The van der Waals surface area contributed by atoms with Gasteiger partial charge in [-0.15, -0.1) is 0 Å². The van der Waals surface area contributed by atoms with Gasteiger partial charge in [-0.1, -0.05) is 18.2 Å². The van der Waals surface area contributed by atoms with Gasteiger partial charge in [-0.05, 0) is 29.0 Å². The lowest BCUT2D eigenvalue weighted by atomic mass is 10.0. The van der Waals surface area contributed by atoms with Gasteiger partial charge in [0.05, 0.1) is 12.7 Å². The van der Waals surface area contributed by atoms with Crippen LogP contribution in [0.1, 0.15) is 20.7 Å². The van der Waals surface area contributed by atoms with Crippen molar-refractivity contribution in [3.63, 3.8) is 0 Å². The third kappa shape index (κ3) is 1.97. The van der Waals surface area contributed by atoms with Crippen molar-refractivity contribution in [2.45, 2.75) is 0 Å². The molecule has 1 amide bonds. The van der Waals surface area contributed by atoms with E-state index in [1.54, 1.807) is 30.3 Å². The SMILES string of the molecule is COC(=O)c1ccc2cccc(C(N)=O)c2c1. The Kier molecular flexibility index (Phi) is 2.78. The van der Waals surface area contributed by atoms with Gasteiger partial charge in [-0.2, -0.15) is 0 Å². The Hall–Kier alpha value is -2.36. The minimum Gasteiger partial charge on any atom is -0.465 e. The van der Waals surface area contributed by atoms with Crippen molar-refractivity contribution in [2.75, 3.05) is 7.11 Å². The number of nitrogens with two attached hydrogens (primary N) is 1. The zero-order valence-corrected chi connectivity index (χ0v) is 9.27. The molecule has 0 fully saturated rings. The first-order valence-electron chi connectivity index (χ1n) is 5.04. The highest BCUT2D eigenvalue weighted by Gasteiger charge is 2.10. The molecule has 2 N–H and O–H groups in total. The van der Waals surface area contributed by atoms with Gasteiger partial charge in [0.25, 0.3) is 0 Å². The van der Waals surface area contributed by atoms with E-state index >= 15 is 0 Å². The van der Waals surface area contributed by atoms with Crippen LogP contribution < -0.4 is 5.73 Å². The first-order chi connectivity index (χ1) is 8.13. The number of amides is 1. The summed E-state index contributed by atoms with van der Waals surface area (Å²) >= 11 is 0. The molecule has 0 unspecified atom stereocenters. The second kappa shape index (κ2) is 4.25. The molecule has 2 aromatic rings. The molecule has 4 nitrogen and oxygen atoms in total. The largest absolute Gasteiger partial charge is 0.465 e. The lowest BCUT2D eigenvalue weighted by molar-refractivity contribution is 0.0600. The van der Waals surface area contributed by atoms with Gasteiger partial charge in [-0.3, -0.25) is 4.79 Å². The van der Waals surface area contributed by atoms with Crippen molar-refractivity contribution in [3.05, 3.63) is 47.5 Å². The summed E-state index contributed by atoms with van der Waals surface area (Å²) in [5, 5.41) is 1.51. The minimum atomic E-state index is -0.516. The van der Waals surface area contributed by atoms with Crippen molar-refractivity contribution in [1.29, 1.82) is 0 Å². The number of ether oxygens (including phenoxy) is 1. The number of hydrogen-bond donors (Lipinski definition) is 1. The molecule has 0 aliphatic carbocycles. The van der Waals surface area contributed by atoms with Crippen LogP contribution in [0.5, 0.6) is 0 Å². The Labute approximate surface area is 98.0 Å². The van der Waals surface area contributed by atoms with Gasteiger partial charge in [0.15, 0.2) is 0 Å². The van der Waals surface area contributed by atoms with Gasteiger partial charge in [0, 0.05) is 5.56 Å². The van der Waals surface area contributed by atoms with Crippen LogP contribution in [0.3, 0.4) is 0 Å². The van der Waals surface area contributed by atoms with E-state index in [1.165, 1.54) is 7.11 Å². The van der Waals surface area contributed by atoms with Crippen molar-refractivity contribution in [2.24, 2.45) is 5.73 Å². The molecule has 86 valence electrons. The zero-order valence-electron chi connectivity index (χ0n) is 9.27. The topological polar surface area (TPSA) is 69.4 Å². The molecule has 0 aliphatic rings. The Morgan fingerprint density at radius 2 is 1.94 bits per heavy atom. The molecule has 0 atom stereocenters. The van der Waals surface area contributed by atoms with Crippen molar-refractivity contribution >= 4 is 22.6 Å². The van der Waals surface area contributed by atoms with Gasteiger partial charge in [-0.25, -0.2) is 4.79 Å². The average Bonchev–Trinajstić information content (AvgIpc) is 2.36. The number of primary amides is 1. The summed E-state index contributed by atoms with van der Waals surface area (Å²) in [5.74, 6) is -0.955. The van der Waals surface area contributed by atoms with E-state index in [-0.39, 0.29) is 0 Å². The zero-order chi connectivity index (χ0) is 12.4. The van der Waals surface area contributed by atoms with Crippen LogP contribution in [0.15, 0.2) is 36.4 Å². The quantitative estimate of drug-likeness (QED) is 0.797. The fraction of sp³-hybridized carbons (Fsp3) is 0.0769. The fourth-order valence-electron chi connectivity index (χ4n) is 1.73. The second-order valence-electron chi connectivity index (χ2n) is 3.60. The number of rotatable bonds is 2. The lowest BCUT2D eigenvalue weighted by Crippen LogP contribution is -2.11. The molecule has 0 heterocycles. The number of methoxy groups -OCH3 is 1. The third-order valence-electron chi connectivity index (χ3n) is 2.57. The first kappa shape index (κ1) is 11.1. The summed E-state index contributed by atoms with van der Waals surface area (Å²) < 4.78 is 4.63. The summed E-state index contributed by atoms with van der Waals surface area (Å²) in [6.45, 7) is 0. The number of hydrogen-bond acceptors (Lipinski definition) is 3. The standard InChI is InChI=1S/C13H11NO3/c1-17-13(16)9-6-5-8-3-2-4-10(12(14)15)11(8)7-9/h2-7H,1H3,(H2,14,15). The average molecular weight is 229 g/mol. The van der Waals surface area contributed by atoms with Gasteiger partial charge >= 0.3 is 5.97 Å². The molecule has 0 saturated heterocycles. The number of esters is 1. The maximum Gasteiger partial charge on any atom is 0.337 e. The highest BCUT2D eigenvalue weighted by Crippen LogP contribution is 2.20. The predicted octanol–water partition coefficient (Wildman–Crippen LogP) is 1.73. The Bertz CT molecular complexity index is 605. The van der Waals surface area contributed by atoms with Crippen LogP contribution in [0.25, 0.3) is 10.8 Å². The highest BCUT2D eigenvalue weighted by molar-refractivity contribution is 6.08. The maximum atomic E-state index is 11.4. The Morgan fingerprint density at radius 1 is 1.18 bits per heavy atom. The monoisotopic (exact) mass is 229 g/mol. The molecule has 4 heteroatoms. The van der Waals surface area contributed by atoms with Gasteiger partial charge in [0.2, 0.25) is 5.91 Å². The molecular weight excluding hydrogens is 218 g/mol. The summed E-state index contributed by atoms with van der Waals surface area (Å²) in [7, 11) is 1.31. The summed E-state index contributed by atoms with van der Waals surface area (Å²) in [6.07, 6.45) is 0. The van der Waals surface area contributed by atoms with Crippen LogP contribution in [-0.4, -0.2) is 19.0 Å². The molecule has 0 spiro atoms. The van der Waals surface area contributed by atoms with Crippen LogP contribution in [-0.2, 0) is 4.74 Å². The summed E-state index contributed by atoms with van der Waals surface area (Å²) in [6, 6.07) is 10.3. The van der Waals surface area contributed by atoms with Crippen molar-refractivity contribution in [1.82, 2.24) is 0 Å². The van der Waals surface area contributed by atoms with Crippen LogP contribution in [0, 0.1) is 0 Å². The van der Waals surface area contributed by atoms with E-state index in [0.717, 1.165) is 5.39 Å². The van der Waals surface area contributed by atoms with Gasteiger partial charge < -0.3 is 10.5 Å². The number of benzene rings is 2. The predicted molar refractivity (Wildman–Crippen MR) is 63.8 cm³/mol. The van der Waals surface area contributed by atoms with Crippen molar-refractivity contribution in [3.8, 4) is 0 Å². The smallest absolute Gasteiger partial charge is 0.337 e. The van der Waals surface area contributed by atoms with E-state index in [1.807, 2.05) is 6.07 Å². The third-order valence-corrected chi connectivity index (χ3v) is 2.57. The van der Waals surface area contributed by atoms with Crippen LogP contribution in [0.4, 0.5) is 0 Å². The summed E-state index contributed by atoms with van der Waals surface area (Å²) in [4.78, 5) is 22.7. The molecular formula is C13H11NO3. The molecule has 2 rings (SSSR count). The van der Waals surface area contributed by atoms with Gasteiger partial charge in [0.1, 0.15) is 0 Å². The van der Waals surface area contributed by atoms with E-state index in [0.29, 0.717) is 16.5 Å². The molecule has 0 radical (unpaired) electrons. The molecule has 0 aliphatic heterocycles. The second-order valence-corrected chi connectivity index (χ2v) is 3.60. The van der Waals surface area contributed by atoms with E-state index in [4.69, 9.17) is 5.73 Å². The summed E-state index contributed by atoms with van der Waals surface area (Å²) in [5.41, 5.74) is 6.08. The molecule has 17 heavy (non-hydrogen) atoms. The van der Waals surface area contributed by atoms with E-state index < -0.39 is 11.9 Å². The van der Waals surface area contributed by atoms with E-state index in [9.17, 15) is 9.59 Å².